The fraction of sp³-hybridized carbons (Fsp3) is 0.444. The second kappa shape index (κ2) is 11.9. The Kier molecular flexibility index (Phi) is 8.85. The minimum atomic E-state index is -5.74. The zero-order valence-electron chi connectivity index (χ0n) is 22.9. The highest BCUT2D eigenvalue weighted by Crippen LogP contribution is 2.44. The molecule has 0 saturated carbocycles. The Labute approximate surface area is 235 Å². The number of ether oxygens (including phenoxy) is 1. The summed E-state index contributed by atoms with van der Waals surface area (Å²) < 4.78 is 72.8. The van der Waals surface area contributed by atoms with Crippen LogP contribution in [0.2, 0.25) is 25.7 Å². The first-order valence-electron chi connectivity index (χ1n) is 13.0. The molecule has 1 unspecified atom stereocenters. The smallest absolute Gasteiger partial charge is 0.391 e. The van der Waals surface area contributed by atoms with Crippen LogP contribution in [-0.2, 0) is 17.4 Å². The normalized spacial score (nSPS) is 16.3. The molecule has 1 aliphatic heterocycles. The van der Waals surface area contributed by atoms with Crippen LogP contribution < -0.4 is 10.2 Å². The molecule has 41 heavy (non-hydrogen) atoms. The quantitative estimate of drug-likeness (QED) is 0.176. The SMILES string of the molecule is C[Si](C)(C)CCOCn1nccc1-c1cc(C(=O)Nc2ccc(C(F)(F)C(F)(F)F)cc2)cnc1N1CCC(O)C1. The summed E-state index contributed by atoms with van der Waals surface area (Å²) in [5, 5.41) is 17.0. The number of anilines is 2. The second-order valence-corrected chi connectivity index (χ2v) is 16.8. The van der Waals surface area contributed by atoms with Crippen LogP contribution in [0.15, 0.2) is 48.8 Å². The summed E-state index contributed by atoms with van der Waals surface area (Å²) in [4.78, 5) is 19.5. The van der Waals surface area contributed by atoms with Crippen LogP contribution in [-0.4, -0.2) is 65.8 Å². The number of aromatic nitrogens is 3. The van der Waals surface area contributed by atoms with E-state index in [2.05, 4.69) is 35.0 Å². The van der Waals surface area contributed by atoms with E-state index in [1.807, 2.05) is 4.90 Å². The van der Waals surface area contributed by atoms with Gasteiger partial charge in [0, 0.05) is 57.0 Å². The minimum absolute atomic E-state index is 0.0332. The maximum Gasteiger partial charge on any atom is 0.458 e. The molecule has 1 atom stereocenters. The summed E-state index contributed by atoms with van der Waals surface area (Å²) in [6, 6.07) is 7.54. The molecule has 1 fully saturated rings. The Hall–Kier alpha value is -3.36. The molecular formula is C27H32F5N5O3Si. The van der Waals surface area contributed by atoms with Gasteiger partial charge in [-0.25, -0.2) is 9.67 Å². The van der Waals surface area contributed by atoms with Crippen LogP contribution in [0.4, 0.5) is 33.5 Å². The lowest BCUT2D eigenvalue weighted by Crippen LogP contribution is -2.33. The van der Waals surface area contributed by atoms with Crippen molar-refractivity contribution in [3.8, 4) is 11.3 Å². The average Bonchev–Trinajstić information content (AvgIpc) is 3.54. The maximum atomic E-state index is 13.6. The Morgan fingerprint density at radius 1 is 1.15 bits per heavy atom. The van der Waals surface area contributed by atoms with Crippen molar-refractivity contribution in [2.75, 3.05) is 29.9 Å². The van der Waals surface area contributed by atoms with Crippen LogP contribution >= 0.6 is 0 Å². The number of nitrogens with zero attached hydrogens (tertiary/aromatic N) is 4. The summed E-state index contributed by atoms with van der Waals surface area (Å²) in [6.45, 7) is 8.43. The van der Waals surface area contributed by atoms with Gasteiger partial charge in [0.15, 0.2) is 0 Å². The van der Waals surface area contributed by atoms with Gasteiger partial charge in [0.25, 0.3) is 5.91 Å². The number of alkyl halides is 5. The van der Waals surface area contributed by atoms with Crippen molar-refractivity contribution in [2.24, 2.45) is 0 Å². The van der Waals surface area contributed by atoms with Gasteiger partial charge in [-0.15, -0.1) is 0 Å². The van der Waals surface area contributed by atoms with Crippen LogP contribution in [0, 0.1) is 0 Å². The van der Waals surface area contributed by atoms with Gasteiger partial charge in [-0.2, -0.15) is 27.1 Å². The molecule has 14 heteroatoms. The van der Waals surface area contributed by atoms with Gasteiger partial charge in [0.1, 0.15) is 12.5 Å². The molecule has 4 rings (SSSR count). The number of benzene rings is 1. The summed E-state index contributed by atoms with van der Waals surface area (Å²) in [7, 11) is -1.29. The van der Waals surface area contributed by atoms with E-state index in [4.69, 9.17) is 4.74 Å². The standard InChI is InChI=1S/C27H32F5N5O3Si/c1-41(2,3)13-12-40-17-37-23(8-10-34-37)22-14-18(15-33-24(22)36-11-9-21(38)16-36)25(39)35-20-6-4-19(5-7-20)26(28,29)27(30,31)32/h4-8,10,14-15,21,38H,9,11-13,16-17H2,1-3H3,(H,35,39). The third kappa shape index (κ3) is 7.29. The fourth-order valence-electron chi connectivity index (χ4n) is 4.28. The first-order valence-corrected chi connectivity index (χ1v) is 16.8. The molecule has 1 aromatic carbocycles. The molecular weight excluding hydrogens is 565 g/mol. The summed E-state index contributed by atoms with van der Waals surface area (Å²) in [5.74, 6) is -5.12. The molecule has 3 aromatic rings. The molecule has 0 spiro atoms. The number of halogens is 5. The lowest BCUT2D eigenvalue weighted by molar-refractivity contribution is -0.289. The first kappa shape index (κ1) is 30.6. The molecule has 0 aliphatic carbocycles. The van der Waals surface area contributed by atoms with Gasteiger partial charge < -0.3 is 20.1 Å². The molecule has 1 aliphatic rings. The Morgan fingerprint density at radius 2 is 1.85 bits per heavy atom. The number of hydrogen-bond donors (Lipinski definition) is 2. The van der Waals surface area contributed by atoms with Gasteiger partial charge >= 0.3 is 12.1 Å². The van der Waals surface area contributed by atoms with Crippen LogP contribution in [0.5, 0.6) is 0 Å². The first-order chi connectivity index (χ1) is 19.2. The number of aliphatic hydroxyl groups excluding tert-OH is 1. The monoisotopic (exact) mass is 597 g/mol. The molecule has 0 bridgehead atoms. The number of carbonyl (C=O) groups excluding carboxylic acids is 1. The van der Waals surface area contributed by atoms with Crippen molar-refractivity contribution in [3.63, 3.8) is 0 Å². The van der Waals surface area contributed by atoms with Crippen LogP contribution in [0.3, 0.4) is 0 Å². The second-order valence-electron chi connectivity index (χ2n) is 11.2. The number of hydrogen-bond acceptors (Lipinski definition) is 6. The number of rotatable bonds is 10. The molecule has 2 aromatic heterocycles. The Balaban J connectivity index is 1.58. The molecule has 8 nitrogen and oxygen atoms in total. The number of amides is 1. The van der Waals surface area contributed by atoms with Crippen molar-refractivity contribution in [1.82, 2.24) is 14.8 Å². The zero-order chi connectivity index (χ0) is 30.0. The van der Waals surface area contributed by atoms with E-state index in [0.717, 1.165) is 18.2 Å². The number of nitrogens with one attached hydrogen (secondary N) is 1. The molecule has 0 radical (unpaired) electrons. The summed E-state index contributed by atoms with van der Waals surface area (Å²) in [5.41, 5.74) is 0.129. The summed E-state index contributed by atoms with van der Waals surface area (Å²) >= 11 is 0. The number of aliphatic hydroxyl groups is 1. The van der Waals surface area contributed by atoms with E-state index in [0.29, 0.717) is 55.3 Å². The van der Waals surface area contributed by atoms with Gasteiger partial charge in [0.05, 0.1) is 17.4 Å². The van der Waals surface area contributed by atoms with Gasteiger partial charge in [-0.1, -0.05) is 31.8 Å². The van der Waals surface area contributed by atoms with Crippen LogP contribution in [0.1, 0.15) is 22.3 Å². The van der Waals surface area contributed by atoms with E-state index in [1.165, 1.54) is 6.20 Å². The minimum Gasteiger partial charge on any atom is -0.391 e. The summed E-state index contributed by atoms with van der Waals surface area (Å²) in [6.07, 6.45) is -2.75. The lowest BCUT2D eigenvalue weighted by Gasteiger charge is -2.22. The van der Waals surface area contributed by atoms with Crippen molar-refractivity contribution in [1.29, 1.82) is 0 Å². The van der Waals surface area contributed by atoms with E-state index >= 15 is 0 Å². The topological polar surface area (TPSA) is 92.5 Å². The molecule has 2 N–H and O–H groups in total. The van der Waals surface area contributed by atoms with E-state index in [-0.39, 0.29) is 18.0 Å². The molecule has 1 saturated heterocycles. The van der Waals surface area contributed by atoms with Crippen molar-refractivity contribution in [2.45, 2.75) is 57.0 Å². The predicted molar refractivity (Wildman–Crippen MR) is 147 cm³/mol. The van der Waals surface area contributed by atoms with Crippen LogP contribution in [0.25, 0.3) is 11.3 Å². The Bertz CT molecular complexity index is 1360. The molecule has 3 heterocycles. The van der Waals surface area contributed by atoms with E-state index in [1.54, 1.807) is 23.0 Å². The zero-order valence-corrected chi connectivity index (χ0v) is 23.9. The van der Waals surface area contributed by atoms with Gasteiger partial charge in [0.2, 0.25) is 0 Å². The van der Waals surface area contributed by atoms with E-state index in [9.17, 15) is 31.9 Å². The van der Waals surface area contributed by atoms with E-state index < -0.39 is 37.7 Å². The Morgan fingerprint density at radius 3 is 2.46 bits per heavy atom. The fourth-order valence-corrected chi connectivity index (χ4v) is 5.04. The third-order valence-corrected chi connectivity index (χ3v) is 8.36. The van der Waals surface area contributed by atoms with Gasteiger partial charge in [-0.05, 0) is 36.7 Å². The van der Waals surface area contributed by atoms with Crippen molar-refractivity contribution in [3.05, 3.63) is 59.9 Å². The predicted octanol–water partition coefficient (Wildman–Crippen LogP) is 5.73. The largest absolute Gasteiger partial charge is 0.458 e. The third-order valence-electron chi connectivity index (χ3n) is 6.66. The average molecular weight is 598 g/mol. The van der Waals surface area contributed by atoms with Crippen molar-refractivity contribution < 1.29 is 36.6 Å². The maximum absolute atomic E-state index is 13.6. The lowest BCUT2D eigenvalue weighted by atomic mass is 10.1. The highest BCUT2D eigenvalue weighted by atomic mass is 28.3. The number of β-amino-alcohol motifs (C(OH)–C–C–N with tert-alkyl or cyclic N) is 1. The highest BCUT2D eigenvalue weighted by molar-refractivity contribution is 6.76. The highest BCUT2D eigenvalue weighted by Gasteiger charge is 2.58. The van der Waals surface area contributed by atoms with Crippen molar-refractivity contribution >= 4 is 25.5 Å². The van der Waals surface area contributed by atoms with Gasteiger partial charge in [-0.3, -0.25) is 4.79 Å². The molecule has 222 valence electrons. The molecule has 1 amide bonds. The number of carbonyl (C=O) groups is 1. The number of pyridine rings is 1.